The Hall–Kier alpha value is -1.62. The standard InChI is InChI=1S/C11H14ClN5/c1-3-13-11-16-15-10(17(11)4-2)9-6-5-8(12)7-14-9/h5-7H,3-4H2,1-2H3,(H,13,16). The van der Waals surface area contributed by atoms with Gasteiger partial charge in [0.1, 0.15) is 5.69 Å². The van der Waals surface area contributed by atoms with Crippen molar-refractivity contribution in [3.8, 4) is 11.5 Å². The number of hydrogen-bond donors (Lipinski definition) is 1. The molecule has 0 fully saturated rings. The molecule has 0 saturated carbocycles. The summed E-state index contributed by atoms with van der Waals surface area (Å²) < 4.78 is 1.99. The predicted octanol–water partition coefficient (Wildman–Crippen LogP) is 2.45. The van der Waals surface area contributed by atoms with Crippen LogP contribution in [-0.2, 0) is 6.54 Å². The molecule has 0 aliphatic rings. The molecule has 0 radical (unpaired) electrons. The van der Waals surface area contributed by atoms with Crippen molar-refractivity contribution in [3.05, 3.63) is 23.4 Å². The van der Waals surface area contributed by atoms with Crippen molar-refractivity contribution < 1.29 is 0 Å². The van der Waals surface area contributed by atoms with Gasteiger partial charge in [0.15, 0.2) is 5.82 Å². The molecule has 0 saturated heterocycles. The van der Waals surface area contributed by atoms with Crippen molar-refractivity contribution in [2.24, 2.45) is 0 Å². The van der Waals surface area contributed by atoms with Crippen LogP contribution in [0.2, 0.25) is 5.02 Å². The van der Waals surface area contributed by atoms with E-state index in [-0.39, 0.29) is 0 Å². The molecule has 1 N–H and O–H groups in total. The fourth-order valence-electron chi connectivity index (χ4n) is 1.59. The van der Waals surface area contributed by atoms with E-state index in [1.807, 2.05) is 24.5 Å². The number of nitrogens with one attached hydrogen (secondary N) is 1. The highest BCUT2D eigenvalue weighted by molar-refractivity contribution is 6.30. The maximum atomic E-state index is 5.81. The first-order valence-corrected chi connectivity index (χ1v) is 5.93. The molecular formula is C11H14ClN5. The molecule has 2 aromatic rings. The molecule has 0 aromatic carbocycles. The highest BCUT2D eigenvalue weighted by Crippen LogP contribution is 2.19. The second-order valence-electron chi connectivity index (χ2n) is 3.48. The first-order valence-electron chi connectivity index (χ1n) is 5.55. The van der Waals surface area contributed by atoms with Crippen LogP contribution < -0.4 is 5.32 Å². The molecule has 0 aliphatic heterocycles. The fraction of sp³-hybridized carbons (Fsp3) is 0.364. The lowest BCUT2D eigenvalue weighted by Gasteiger charge is -2.07. The Morgan fingerprint density at radius 2 is 2.12 bits per heavy atom. The van der Waals surface area contributed by atoms with Crippen molar-refractivity contribution >= 4 is 17.5 Å². The van der Waals surface area contributed by atoms with E-state index in [1.165, 1.54) is 0 Å². The first-order chi connectivity index (χ1) is 8.26. The van der Waals surface area contributed by atoms with Gasteiger partial charge in [0.25, 0.3) is 0 Å². The van der Waals surface area contributed by atoms with Crippen LogP contribution in [0.25, 0.3) is 11.5 Å². The number of pyridine rings is 1. The maximum Gasteiger partial charge on any atom is 0.224 e. The summed E-state index contributed by atoms with van der Waals surface area (Å²) in [5, 5.41) is 12.0. The van der Waals surface area contributed by atoms with Crippen LogP contribution in [0.1, 0.15) is 13.8 Å². The van der Waals surface area contributed by atoms with Crippen molar-refractivity contribution in [3.63, 3.8) is 0 Å². The fourth-order valence-corrected chi connectivity index (χ4v) is 1.70. The van der Waals surface area contributed by atoms with Crippen LogP contribution in [0.3, 0.4) is 0 Å². The van der Waals surface area contributed by atoms with Gasteiger partial charge in [-0.25, -0.2) is 0 Å². The molecule has 2 heterocycles. The Morgan fingerprint density at radius 1 is 1.29 bits per heavy atom. The van der Waals surface area contributed by atoms with Crippen LogP contribution in [0.4, 0.5) is 5.95 Å². The Labute approximate surface area is 105 Å². The Bertz CT molecular complexity index is 491. The summed E-state index contributed by atoms with van der Waals surface area (Å²) in [6, 6.07) is 3.64. The van der Waals surface area contributed by atoms with Crippen molar-refractivity contribution in [1.29, 1.82) is 0 Å². The molecule has 0 atom stereocenters. The van der Waals surface area contributed by atoms with Gasteiger partial charge in [-0.05, 0) is 26.0 Å². The molecule has 90 valence electrons. The second-order valence-corrected chi connectivity index (χ2v) is 3.92. The summed E-state index contributed by atoms with van der Waals surface area (Å²) in [4.78, 5) is 4.25. The second kappa shape index (κ2) is 5.14. The van der Waals surface area contributed by atoms with Gasteiger partial charge >= 0.3 is 0 Å². The van der Waals surface area contributed by atoms with E-state index in [0.717, 1.165) is 30.6 Å². The molecule has 2 rings (SSSR count). The Morgan fingerprint density at radius 3 is 2.71 bits per heavy atom. The summed E-state index contributed by atoms with van der Waals surface area (Å²) in [5.41, 5.74) is 0.771. The molecule has 5 nitrogen and oxygen atoms in total. The third kappa shape index (κ3) is 2.39. The topological polar surface area (TPSA) is 55.6 Å². The quantitative estimate of drug-likeness (QED) is 0.907. The minimum Gasteiger partial charge on any atom is -0.355 e. The molecule has 0 amide bonds. The molecule has 0 aliphatic carbocycles. The van der Waals surface area contributed by atoms with Gasteiger partial charge in [-0.3, -0.25) is 9.55 Å². The zero-order valence-corrected chi connectivity index (χ0v) is 10.6. The summed E-state index contributed by atoms with van der Waals surface area (Å²) in [6.07, 6.45) is 1.61. The van der Waals surface area contributed by atoms with Gasteiger partial charge in [-0.15, -0.1) is 10.2 Å². The van der Waals surface area contributed by atoms with Crippen molar-refractivity contribution in [2.75, 3.05) is 11.9 Å². The molecular weight excluding hydrogens is 238 g/mol. The lowest BCUT2D eigenvalue weighted by Crippen LogP contribution is -2.07. The van der Waals surface area contributed by atoms with Crippen LogP contribution >= 0.6 is 11.6 Å². The number of aromatic nitrogens is 4. The maximum absolute atomic E-state index is 5.81. The van der Waals surface area contributed by atoms with Crippen LogP contribution in [-0.4, -0.2) is 26.3 Å². The van der Waals surface area contributed by atoms with Gasteiger partial charge in [0.2, 0.25) is 5.95 Å². The van der Waals surface area contributed by atoms with Gasteiger partial charge in [-0.2, -0.15) is 0 Å². The summed E-state index contributed by atoms with van der Waals surface area (Å²) in [7, 11) is 0. The van der Waals surface area contributed by atoms with Gasteiger partial charge in [-0.1, -0.05) is 11.6 Å². The van der Waals surface area contributed by atoms with E-state index in [0.29, 0.717) is 5.02 Å². The number of halogens is 1. The Kier molecular flexibility index (Phi) is 3.58. The highest BCUT2D eigenvalue weighted by Gasteiger charge is 2.12. The molecule has 2 aromatic heterocycles. The number of anilines is 1. The molecule has 0 bridgehead atoms. The lowest BCUT2D eigenvalue weighted by atomic mass is 10.3. The SMILES string of the molecule is CCNc1nnc(-c2ccc(Cl)cn2)n1CC. The van der Waals surface area contributed by atoms with E-state index in [1.54, 1.807) is 12.3 Å². The van der Waals surface area contributed by atoms with Crippen LogP contribution in [0.5, 0.6) is 0 Å². The molecule has 0 unspecified atom stereocenters. The van der Waals surface area contributed by atoms with Gasteiger partial charge in [0, 0.05) is 19.3 Å². The van der Waals surface area contributed by atoms with Crippen LogP contribution in [0.15, 0.2) is 18.3 Å². The van der Waals surface area contributed by atoms with E-state index in [4.69, 9.17) is 11.6 Å². The largest absolute Gasteiger partial charge is 0.355 e. The molecule has 0 spiro atoms. The average molecular weight is 252 g/mol. The third-order valence-electron chi connectivity index (χ3n) is 2.36. The monoisotopic (exact) mass is 251 g/mol. The van der Waals surface area contributed by atoms with Crippen LogP contribution in [0, 0.1) is 0 Å². The Balaban J connectivity index is 2.41. The number of nitrogens with zero attached hydrogens (tertiary/aromatic N) is 4. The summed E-state index contributed by atoms with van der Waals surface area (Å²) >= 11 is 5.81. The predicted molar refractivity (Wildman–Crippen MR) is 68.1 cm³/mol. The normalized spacial score (nSPS) is 10.5. The average Bonchev–Trinajstić information content (AvgIpc) is 2.73. The van der Waals surface area contributed by atoms with E-state index in [9.17, 15) is 0 Å². The molecule has 17 heavy (non-hydrogen) atoms. The molecule has 6 heteroatoms. The van der Waals surface area contributed by atoms with E-state index < -0.39 is 0 Å². The highest BCUT2D eigenvalue weighted by atomic mass is 35.5. The number of hydrogen-bond acceptors (Lipinski definition) is 4. The number of rotatable bonds is 4. The minimum atomic E-state index is 0.614. The summed E-state index contributed by atoms with van der Waals surface area (Å²) in [6.45, 7) is 5.67. The van der Waals surface area contributed by atoms with Crippen molar-refractivity contribution in [2.45, 2.75) is 20.4 Å². The zero-order chi connectivity index (χ0) is 12.3. The lowest BCUT2D eigenvalue weighted by molar-refractivity contribution is 0.768. The first kappa shape index (κ1) is 11.9. The van der Waals surface area contributed by atoms with Gasteiger partial charge in [0.05, 0.1) is 5.02 Å². The minimum absolute atomic E-state index is 0.614. The summed E-state index contributed by atoms with van der Waals surface area (Å²) in [5.74, 6) is 1.52. The smallest absolute Gasteiger partial charge is 0.224 e. The third-order valence-corrected chi connectivity index (χ3v) is 2.58. The van der Waals surface area contributed by atoms with Gasteiger partial charge < -0.3 is 5.32 Å². The van der Waals surface area contributed by atoms with Crippen molar-refractivity contribution in [1.82, 2.24) is 19.7 Å². The zero-order valence-electron chi connectivity index (χ0n) is 9.81. The van der Waals surface area contributed by atoms with E-state index in [2.05, 4.69) is 20.5 Å². The van der Waals surface area contributed by atoms with E-state index >= 15 is 0 Å².